The van der Waals surface area contributed by atoms with Gasteiger partial charge in [0.15, 0.2) is 0 Å². The summed E-state index contributed by atoms with van der Waals surface area (Å²) in [4.78, 5) is 28.3. The minimum Gasteiger partial charge on any atom is -0.355 e. The van der Waals surface area contributed by atoms with E-state index in [-0.39, 0.29) is 24.4 Å². The van der Waals surface area contributed by atoms with Crippen LogP contribution in [0.3, 0.4) is 0 Å². The van der Waals surface area contributed by atoms with Crippen molar-refractivity contribution in [2.45, 2.75) is 76.8 Å². The van der Waals surface area contributed by atoms with E-state index in [1.54, 1.807) is 12.1 Å². The maximum atomic E-state index is 13.9. The molecule has 1 atom stereocenters. The zero-order valence-electron chi connectivity index (χ0n) is 24.3. The number of nitrogens with one attached hydrogen (secondary N) is 1. The molecule has 41 heavy (non-hydrogen) atoms. The molecule has 0 unspecified atom stereocenters. The number of nitrogens with zero attached hydrogens (tertiary/aromatic N) is 2. The maximum absolute atomic E-state index is 13.9. The molecule has 222 valence electrons. The van der Waals surface area contributed by atoms with Crippen LogP contribution in [0.5, 0.6) is 0 Å². The summed E-state index contributed by atoms with van der Waals surface area (Å²) in [6.45, 7) is 3.88. The lowest BCUT2D eigenvalue weighted by atomic mass is 9.48. The smallest absolute Gasteiger partial charge is 0.244 e. The third-order valence-electron chi connectivity index (χ3n) is 9.49. The van der Waals surface area contributed by atoms with Crippen molar-refractivity contribution in [3.05, 3.63) is 64.7 Å². The molecule has 0 saturated heterocycles. The number of rotatable bonds is 11. The van der Waals surface area contributed by atoms with Crippen molar-refractivity contribution < 1.29 is 18.0 Å². The summed E-state index contributed by atoms with van der Waals surface area (Å²) in [5.41, 5.74) is 2.77. The Kier molecular flexibility index (Phi) is 8.72. The number of hydrogen-bond acceptors (Lipinski definition) is 4. The van der Waals surface area contributed by atoms with Gasteiger partial charge in [-0.3, -0.25) is 13.9 Å². The molecular formula is C32H42ClN3O4S. The summed E-state index contributed by atoms with van der Waals surface area (Å²) in [7, 11) is -3.78. The Morgan fingerprint density at radius 3 is 2.00 bits per heavy atom. The highest BCUT2D eigenvalue weighted by molar-refractivity contribution is 7.92. The van der Waals surface area contributed by atoms with Gasteiger partial charge in [0.05, 0.1) is 11.9 Å². The Hall–Kier alpha value is -2.58. The molecule has 9 heteroatoms. The summed E-state index contributed by atoms with van der Waals surface area (Å²) in [5.74, 6) is 1.74. The van der Waals surface area contributed by atoms with Crippen LogP contribution in [0.25, 0.3) is 0 Å². The van der Waals surface area contributed by atoms with Gasteiger partial charge in [0.1, 0.15) is 12.6 Å². The van der Waals surface area contributed by atoms with E-state index in [9.17, 15) is 18.0 Å². The van der Waals surface area contributed by atoms with Crippen LogP contribution in [-0.2, 0) is 31.6 Å². The van der Waals surface area contributed by atoms with Gasteiger partial charge >= 0.3 is 0 Å². The molecule has 2 aromatic rings. The summed E-state index contributed by atoms with van der Waals surface area (Å²) in [5, 5.41) is 3.39. The van der Waals surface area contributed by atoms with Gasteiger partial charge in [0.2, 0.25) is 21.8 Å². The molecule has 4 aliphatic rings. The van der Waals surface area contributed by atoms with Crippen LogP contribution in [0.2, 0.25) is 5.02 Å². The van der Waals surface area contributed by atoms with Crippen molar-refractivity contribution in [3.8, 4) is 0 Å². The van der Waals surface area contributed by atoms with E-state index in [2.05, 4.69) is 17.4 Å². The van der Waals surface area contributed by atoms with Gasteiger partial charge in [-0.05, 0) is 110 Å². The maximum Gasteiger partial charge on any atom is 0.244 e. The standard InChI is InChI=1S/C32H42ClN3O4S/c1-4-29(31(38)34-5-2)35(20-22-6-10-27(33)11-7-22)30(37)21-36(41(3,39)40)28-12-8-26(9-13-28)32-17-23-14-24(18-32)16-25(15-23)19-32/h6-13,23-25,29H,4-5,14-21H2,1-3H3,(H,34,38)/t23?,24?,25?,29-,32?/m1/s1. The van der Waals surface area contributed by atoms with Gasteiger partial charge in [-0.1, -0.05) is 42.8 Å². The number of likely N-dealkylation sites (N-methyl/N-ethyl adjacent to an activating group) is 1. The van der Waals surface area contributed by atoms with Gasteiger partial charge < -0.3 is 10.2 Å². The lowest BCUT2D eigenvalue weighted by molar-refractivity contribution is -0.140. The predicted molar refractivity (Wildman–Crippen MR) is 163 cm³/mol. The SMILES string of the molecule is CCNC(=O)[C@@H](CC)N(Cc1ccc(Cl)cc1)C(=O)CN(c1ccc(C23CC4CC(CC(C4)C2)C3)cc1)S(C)(=O)=O. The highest BCUT2D eigenvalue weighted by Crippen LogP contribution is 2.60. The Morgan fingerprint density at radius 2 is 1.51 bits per heavy atom. The number of carbonyl (C=O) groups is 2. The molecule has 4 aliphatic carbocycles. The summed E-state index contributed by atoms with van der Waals surface area (Å²) < 4.78 is 27.2. The van der Waals surface area contributed by atoms with Crippen molar-refractivity contribution in [3.63, 3.8) is 0 Å². The van der Waals surface area contributed by atoms with Gasteiger partial charge in [-0.15, -0.1) is 0 Å². The molecule has 0 heterocycles. The zero-order valence-corrected chi connectivity index (χ0v) is 25.9. The van der Waals surface area contributed by atoms with Crippen LogP contribution < -0.4 is 9.62 Å². The van der Waals surface area contributed by atoms with Crippen LogP contribution in [0.1, 0.15) is 69.9 Å². The molecule has 4 fully saturated rings. The number of hydrogen-bond donors (Lipinski definition) is 1. The van der Waals surface area contributed by atoms with E-state index in [0.29, 0.717) is 23.7 Å². The van der Waals surface area contributed by atoms with Crippen molar-refractivity contribution in [1.29, 1.82) is 0 Å². The molecule has 2 amide bonds. The molecule has 0 spiro atoms. The average Bonchev–Trinajstić information content (AvgIpc) is 2.91. The van der Waals surface area contributed by atoms with E-state index in [0.717, 1.165) is 33.9 Å². The first-order chi connectivity index (χ1) is 19.5. The number of amides is 2. The van der Waals surface area contributed by atoms with E-state index < -0.39 is 22.0 Å². The molecule has 0 aromatic heterocycles. The monoisotopic (exact) mass is 599 g/mol. The zero-order chi connectivity index (χ0) is 29.4. The molecule has 0 aliphatic heterocycles. The number of sulfonamides is 1. The second-order valence-corrected chi connectivity index (χ2v) is 14.8. The van der Waals surface area contributed by atoms with Crippen LogP contribution in [-0.4, -0.2) is 50.5 Å². The normalized spacial score (nSPS) is 25.5. The summed E-state index contributed by atoms with van der Waals surface area (Å²) in [6.07, 6.45) is 9.29. The molecule has 7 nitrogen and oxygen atoms in total. The third kappa shape index (κ3) is 6.43. The van der Waals surface area contributed by atoms with Crippen molar-refractivity contribution in [2.24, 2.45) is 17.8 Å². The second-order valence-electron chi connectivity index (χ2n) is 12.5. The van der Waals surface area contributed by atoms with E-state index in [1.165, 1.54) is 49.0 Å². The first-order valence-electron chi connectivity index (χ1n) is 14.9. The fourth-order valence-electron chi connectivity index (χ4n) is 8.06. The molecule has 6 rings (SSSR count). The Morgan fingerprint density at radius 1 is 0.951 bits per heavy atom. The fraction of sp³-hybridized carbons (Fsp3) is 0.562. The van der Waals surface area contributed by atoms with Gasteiger partial charge in [-0.25, -0.2) is 8.42 Å². The lowest BCUT2D eigenvalue weighted by Gasteiger charge is -2.57. The Balaban J connectivity index is 1.40. The molecule has 4 saturated carbocycles. The van der Waals surface area contributed by atoms with Crippen LogP contribution >= 0.6 is 11.6 Å². The van der Waals surface area contributed by atoms with Gasteiger partial charge in [0.25, 0.3) is 0 Å². The minimum atomic E-state index is -3.78. The molecular weight excluding hydrogens is 558 g/mol. The van der Waals surface area contributed by atoms with Crippen LogP contribution in [0.4, 0.5) is 5.69 Å². The fourth-order valence-corrected chi connectivity index (χ4v) is 9.03. The minimum absolute atomic E-state index is 0.161. The van der Waals surface area contributed by atoms with Crippen LogP contribution in [0.15, 0.2) is 48.5 Å². The highest BCUT2D eigenvalue weighted by atomic mass is 35.5. The number of halogens is 1. The summed E-state index contributed by atoms with van der Waals surface area (Å²) >= 11 is 6.06. The number of benzene rings is 2. The molecule has 1 N–H and O–H groups in total. The third-order valence-corrected chi connectivity index (χ3v) is 10.9. The largest absolute Gasteiger partial charge is 0.355 e. The van der Waals surface area contributed by atoms with Crippen molar-refractivity contribution >= 4 is 39.1 Å². The number of carbonyl (C=O) groups excluding carboxylic acids is 2. The van der Waals surface area contributed by atoms with E-state index >= 15 is 0 Å². The van der Waals surface area contributed by atoms with Gasteiger partial charge in [-0.2, -0.15) is 0 Å². The lowest BCUT2D eigenvalue weighted by Crippen LogP contribution is -2.52. The average molecular weight is 600 g/mol. The molecule has 4 bridgehead atoms. The van der Waals surface area contributed by atoms with Gasteiger partial charge in [0, 0.05) is 18.1 Å². The van der Waals surface area contributed by atoms with Crippen molar-refractivity contribution in [1.82, 2.24) is 10.2 Å². The predicted octanol–water partition coefficient (Wildman–Crippen LogP) is 5.52. The van der Waals surface area contributed by atoms with E-state index in [4.69, 9.17) is 11.6 Å². The molecule has 0 radical (unpaired) electrons. The Labute approximate surface area is 249 Å². The first-order valence-corrected chi connectivity index (χ1v) is 17.1. The molecule has 2 aromatic carbocycles. The van der Waals surface area contributed by atoms with Crippen molar-refractivity contribution in [2.75, 3.05) is 23.7 Å². The first kappa shape index (κ1) is 29.9. The second kappa shape index (κ2) is 12.0. The highest BCUT2D eigenvalue weighted by Gasteiger charge is 2.51. The number of anilines is 1. The van der Waals surface area contributed by atoms with Crippen LogP contribution in [0, 0.1) is 17.8 Å². The summed E-state index contributed by atoms with van der Waals surface area (Å²) in [6, 6.07) is 14.2. The topological polar surface area (TPSA) is 86.8 Å². The Bertz CT molecular complexity index is 1330. The quantitative estimate of drug-likeness (QED) is 0.369. The van der Waals surface area contributed by atoms with E-state index in [1.807, 2.05) is 38.1 Å².